The van der Waals surface area contributed by atoms with Crippen molar-refractivity contribution in [2.45, 2.75) is 43.8 Å². The summed E-state index contributed by atoms with van der Waals surface area (Å²) in [6.07, 6.45) is 7.41. The molecule has 0 amide bonds. The van der Waals surface area contributed by atoms with E-state index in [9.17, 15) is 9.59 Å². The number of carbonyl (C=O) groups excluding carboxylic acids is 2. The van der Waals surface area contributed by atoms with Crippen LogP contribution in [0, 0.1) is 12.3 Å². The quantitative estimate of drug-likeness (QED) is 0.537. The van der Waals surface area contributed by atoms with E-state index in [4.69, 9.17) is 20.6 Å². The van der Waals surface area contributed by atoms with Crippen LogP contribution in [-0.2, 0) is 19.0 Å². The molecule has 2 fully saturated rings. The van der Waals surface area contributed by atoms with E-state index >= 15 is 0 Å². The second kappa shape index (κ2) is 4.66. The van der Waals surface area contributed by atoms with E-state index < -0.39 is 23.8 Å². The second-order valence-corrected chi connectivity index (χ2v) is 4.29. The Morgan fingerprint density at radius 3 is 2.82 bits per heavy atom. The summed E-state index contributed by atoms with van der Waals surface area (Å²) < 4.78 is 14.9. The first-order valence-corrected chi connectivity index (χ1v) is 5.68. The summed E-state index contributed by atoms with van der Waals surface area (Å²) in [7, 11) is 0. The van der Waals surface area contributed by atoms with Crippen molar-refractivity contribution >= 4 is 12.1 Å². The lowest BCUT2D eigenvalue weighted by Crippen LogP contribution is -2.46. The maximum Gasteiger partial charge on any atom is 0.509 e. The summed E-state index contributed by atoms with van der Waals surface area (Å²) in [6.45, 7) is -0.122. The lowest BCUT2D eigenvalue weighted by Gasteiger charge is -2.32. The molecule has 5 nitrogen and oxygen atoms in total. The first-order chi connectivity index (χ1) is 8.18. The molecule has 1 atom stereocenters. The third kappa shape index (κ3) is 2.21. The zero-order valence-electron chi connectivity index (χ0n) is 9.44. The summed E-state index contributed by atoms with van der Waals surface area (Å²) in [5, 5.41) is 0. The van der Waals surface area contributed by atoms with Crippen molar-refractivity contribution in [2.24, 2.45) is 0 Å². The van der Waals surface area contributed by atoms with Crippen LogP contribution in [0.2, 0.25) is 0 Å². The third-order valence-electron chi connectivity index (χ3n) is 3.19. The number of cyclic esters (lactones) is 1. The molecule has 1 saturated carbocycles. The molecule has 0 aromatic heterocycles. The molecule has 1 aliphatic carbocycles. The van der Waals surface area contributed by atoms with Crippen molar-refractivity contribution in [2.75, 3.05) is 6.61 Å². The van der Waals surface area contributed by atoms with Gasteiger partial charge in [-0.3, -0.25) is 0 Å². The Morgan fingerprint density at radius 1 is 1.47 bits per heavy atom. The van der Waals surface area contributed by atoms with Gasteiger partial charge in [-0.05, 0) is 25.7 Å². The molecule has 1 unspecified atom stereocenters. The average Bonchev–Trinajstić information content (AvgIpc) is 2.64. The predicted molar refractivity (Wildman–Crippen MR) is 57.0 cm³/mol. The summed E-state index contributed by atoms with van der Waals surface area (Å²) >= 11 is 0. The van der Waals surface area contributed by atoms with Gasteiger partial charge in [-0.25, -0.2) is 9.59 Å². The van der Waals surface area contributed by atoms with Crippen LogP contribution in [0.25, 0.3) is 0 Å². The van der Waals surface area contributed by atoms with Crippen LogP contribution in [0.4, 0.5) is 4.79 Å². The van der Waals surface area contributed by atoms with Crippen molar-refractivity contribution in [3.05, 3.63) is 0 Å². The summed E-state index contributed by atoms with van der Waals surface area (Å²) in [4.78, 5) is 23.0. The monoisotopic (exact) mass is 238 g/mol. The first-order valence-electron chi connectivity index (χ1n) is 5.68. The first kappa shape index (κ1) is 11.8. The maximum atomic E-state index is 11.7. The van der Waals surface area contributed by atoms with Crippen LogP contribution in [0.3, 0.4) is 0 Å². The number of terminal acetylenes is 1. The Morgan fingerprint density at radius 2 is 2.18 bits per heavy atom. The van der Waals surface area contributed by atoms with Gasteiger partial charge in [0.1, 0.15) is 0 Å². The topological polar surface area (TPSA) is 61.8 Å². The molecule has 17 heavy (non-hydrogen) atoms. The van der Waals surface area contributed by atoms with Gasteiger partial charge in [0, 0.05) is 0 Å². The van der Waals surface area contributed by atoms with Crippen molar-refractivity contribution in [1.29, 1.82) is 0 Å². The highest BCUT2D eigenvalue weighted by Gasteiger charge is 2.56. The van der Waals surface area contributed by atoms with Crippen LogP contribution in [0.5, 0.6) is 0 Å². The highest BCUT2D eigenvalue weighted by Crippen LogP contribution is 2.40. The molecule has 5 heteroatoms. The Labute approximate surface area is 99.4 Å². The lowest BCUT2D eigenvalue weighted by molar-refractivity contribution is -0.157. The Hall–Kier alpha value is -1.70. The molecule has 2 aliphatic rings. The molecular formula is C12H14O5. The molecule has 2 rings (SSSR count). The predicted octanol–water partition coefficient (Wildman–Crippen LogP) is 1.40. The average molecular weight is 238 g/mol. The molecular weight excluding hydrogens is 224 g/mol. The maximum absolute atomic E-state index is 11.7. The molecule has 1 saturated heterocycles. The normalized spacial score (nSPS) is 25.8. The van der Waals surface area contributed by atoms with E-state index in [1.165, 1.54) is 0 Å². The van der Waals surface area contributed by atoms with Gasteiger partial charge in [-0.1, -0.05) is 12.3 Å². The van der Waals surface area contributed by atoms with Gasteiger partial charge < -0.3 is 14.2 Å². The van der Waals surface area contributed by atoms with Crippen molar-refractivity contribution in [3.8, 4) is 12.3 Å². The molecule has 0 bridgehead atoms. The number of carbonyl (C=O) groups is 2. The van der Waals surface area contributed by atoms with E-state index in [0.717, 1.165) is 19.3 Å². The van der Waals surface area contributed by atoms with Gasteiger partial charge in [0.05, 0.1) is 0 Å². The van der Waals surface area contributed by atoms with Crippen LogP contribution >= 0.6 is 0 Å². The van der Waals surface area contributed by atoms with Gasteiger partial charge in [0.15, 0.2) is 12.2 Å². The zero-order chi connectivity index (χ0) is 12.3. The smallest absolute Gasteiger partial charge is 0.450 e. The second-order valence-electron chi connectivity index (χ2n) is 4.29. The minimum absolute atomic E-state index is 0.122. The molecule has 0 N–H and O–H groups in total. The Kier molecular flexibility index (Phi) is 3.23. The molecule has 0 radical (unpaired) electrons. The van der Waals surface area contributed by atoms with Crippen molar-refractivity contribution < 1.29 is 23.8 Å². The SMILES string of the molecule is C#CCOC(=O)C1OC(=O)OC12CCCCC2. The minimum atomic E-state index is -0.969. The fourth-order valence-electron chi connectivity index (χ4n) is 2.41. The number of esters is 1. The highest BCUT2D eigenvalue weighted by molar-refractivity contribution is 5.82. The summed E-state index contributed by atoms with van der Waals surface area (Å²) in [6, 6.07) is 0. The summed E-state index contributed by atoms with van der Waals surface area (Å²) in [5.41, 5.74) is -0.832. The minimum Gasteiger partial charge on any atom is -0.450 e. The Balaban J connectivity index is 2.10. The van der Waals surface area contributed by atoms with Crippen molar-refractivity contribution in [3.63, 3.8) is 0 Å². The van der Waals surface area contributed by atoms with Gasteiger partial charge >= 0.3 is 12.1 Å². The van der Waals surface area contributed by atoms with Gasteiger partial charge in [0.2, 0.25) is 6.10 Å². The zero-order valence-corrected chi connectivity index (χ0v) is 9.44. The molecule has 1 spiro atoms. The molecule has 1 heterocycles. The Bertz CT molecular complexity index is 362. The van der Waals surface area contributed by atoms with Gasteiger partial charge in [-0.15, -0.1) is 6.42 Å². The number of hydrogen-bond donors (Lipinski definition) is 0. The molecule has 1 aliphatic heterocycles. The standard InChI is InChI=1S/C12H14O5/c1-2-8-15-10(13)9-12(17-11(14)16-9)6-4-3-5-7-12/h1,9H,3-8H2. The number of rotatable bonds is 2. The largest absolute Gasteiger partial charge is 0.509 e. The fraction of sp³-hybridized carbons (Fsp3) is 0.667. The lowest BCUT2D eigenvalue weighted by atomic mass is 9.81. The van der Waals surface area contributed by atoms with E-state index in [2.05, 4.69) is 5.92 Å². The van der Waals surface area contributed by atoms with E-state index in [1.807, 2.05) is 0 Å². The number of ether oxygens (including phenoxy) is 3. The molecule has 92 valence electrons. The molecule has 0 aromatic rings. The number of hydrogen-bond acceptors (Lipinski definition) is 5. The van der Waals surface area contributed by atoms with Gasteiger partial charge in [-0.2, -0.15) is 0 Å². The van der Waals surface area contributed by atoms with E-state index in [1.54, 1.807) is 0 Å². The van der Waals surface area contributed by atoms with Crippen LogP contribution in [0.1, 0.15) is 32.1 Å². The van der Waals surface area contributed by atoms with E-state index in [0.29, 0.717) is 12.8 Å². The van der Waals surface area contributed by atoms with Gasteiger partial charge in [0.25, 0.3) is 0 Å². The third-order valence-corrected chi connectivity index (χ3v) is 3.19. The van der Waals surface area contributed by atoms with Crippen molar-refractivity contribution in [1.82, 2.24) is 0 Å². The molecule has 0 aromatic carbocycles. The highest BCUT2D eigenvalue weighted by atomic mass is 16.8. The fourth-order valence-corrected chi connectivity index (χ4v) is 2.41. The van der Waals surface area contributed by atoms with Crippen LogP contribution in [-0.4, -0.2) is 30.4 Å². The van der Waals surface area contributed by atoms with Crippen LogP contribution < -0.4 is 0 Å². The summed E-state index contributed by atoms with van der Waals surface area (Å²) in [5.74, 6) is 1.59. The van der Waals surface area contributed by atoms with E-state index in [-0.39, 0.29) is 6.61 Å². The van der Waals surface area contributed by atoms with Crippen LogP contribution in [0.15, 0.2) is 0 Å².